The quantitative estimate of drug-likeness (QED) is 0.479. The monoisotopic (exact) mass is 259 g/mol. The molecule has 1 N–H and O–H groups in total. The molecule has 9 heteroatoms. The molecule has 92 valence electrons. The van der Waals surface area contributed by atoms with Crippen molar-refractivity contribution >= 4 is 17.4 Å². The van der Waals surface area contributed by atoms with Crippen LogP contribution in [0.25, 0.3) is 0 Å². The zero-order chi connectivity index (χ0) is 13.0. The molecule has 0 fully saturated rings. The third-order valence-corrected chi connectivity index (χ3v) is 2.19. The molecule has 0 saturated heterocycles. The van der Waals surface area contributed by atoms with Gasteiger partial charge >= 0.3 is 7.25 Å². The summed E-state index contributed by atoms with van der Waals surface area (Å²) in [5, 5.41) is 0. The van der Waals surface area contributed by atoms with Crippen molar-refractivity contribution < 1.29 is 30.2 Å². The van der Waals surface area contributed by atoms with Crippen LogP contribution >= 0.6 is 0 Å². The van der Waals surface area contributed by atoms with Crippen LogP contribution in [0.15, 0.2) is 29.2 Å². The average molecular weight is 259 g/mol. The molecule has 0 aliphatic carbocycles. The van der Waals surface area contributed by atoms with E-state index in [-0.39, 0.29) is 4.90 Å². The van der Waals surface area contributed by atoms with Gasteiger partial charge in [-0.3, -0.25) is 4.55 Å². The summed E-state index contributed by atoms with van der Waals surface area (Å²) in [6.45, 7) is 1.84. The minimum Gasteiger partial charge on any atom is -0.418 e. The lowest BCUT2D eigenvalue weighted by atomic mass is 10.2. The first-order valence-electron chi connectivity index (χ1n) is 3.91. The van der Waals surface area contributed by atoms with E-state index in [9.17, 15) is 25.7 Å². The summed E-state index contributed by atoms with van der Waals surface area (Å²) in [7, 11) is -10.0. The van der Waals surface area contributed by atoms with E-state index in [2.05, 4.69) is 0 Å². The molecule has 0 atom stereocenters. The maximum absolute atomic E-state index is 10.5. The SMILES string of the molecule is Cc1ccc(S(=O)(=O)O)cc1.F[B-](F)(F)F. The lowest BCUT2D eigenvalue weighted by Crippen LogP contribution is -2.02. The van der Waals surface area contributed by atoms with E-state index >= 15 is 0 Å². The second-order valence-electron chi connectivity index (χ2n) is 2.78. The Morgan fingerprint density at radius 1 is 1.06 bits per heavy atom. The molecule has 0 saturated carbocycles. The Balaban J connectivity index is 0.000000385. The molecule has 0 amide bonds. The molecule has 0 spiro atoms. The smallest absolute Gasteiger partial charge is 0.418 e. The molecule has 0 aliphatic rings. The summed E-state index contributed by atoms with van der Waals surface area (Å²) in [6, 6.07) is 5.99. The summed E-state index contributed by atoms with van der Waals surface area (Å²) >= 11 is 0. The lowest BCUT2D eigenvalue weighted by molar-refractivity contribution is 0.368. The van der Waals surface area contributed by atoms with E-state index in [1.807, 2.05) is 6.92 Å². The first kappa shape index (κ1) is 14.9. The molecule has 1 rings (SSSR count). The average Bonchev–Trinajstić information content (AvgIpc) is 1.99. The molecular weight excluding hydrogens is 251 g/mol. The Labute approximate surface area is 89.9 Å². The molecule has 0 aliphatic heterocycles. The number of benzene rings is 1. The van der Waals surface area contributed by atoms with Crippen LogP contribution < -0.4 is 0 Å². The molecule has 0 heterocycles. The van der Waals surface area contributed by atoms with Gasteiger partial charge in [-0.1, -0.05) is 17.7 Å². The second-order valence-corrected chi connectivity index (χ2v) is 4.20. The van der Waals surface area contributed by atoms with Gasteiger partial charge < -0.3 is 17.3 Å². The van der Waals surface area contributed by atoms with Gasteiger partial charge in [-0.25, -0.2) is 0 Å². The van der Waals surface area contributed by atoms with Crippen LogP contribution in [0.2, 0.25) is 0 Å². The van der Waals surface area contributed by atoms with Crippen molar-refractivity contribution in [1.29, 1.82) is 0 Å². The van der Waals surface area contributed by atoms with Gasteiger partial charge in [0.05, 0.1) is 4.90 Å². The summed E-state index contributed by atoms with van der Waals surface area (Å²) in [5.41, 5.74) is 0.956. The van der Waals surface area contributed by atoms with E-state index < -0.39 is 17.4 Å². The molecule has 1 aromatic carbocycles. The zero-order valence-corrected chi connectivity index (χ0v) is 8.89. The van der Waals surface area contributed by atoms with Crippen molar-refractivity contribution in [2.45, 2.75) is 11.8 Å². The fourth-order valence-electron chi connectivity index (χ4n) is 0.710. The van der Waals surface area contributed by atoms with Crippen LogP contribution in [0.1, 0.15) is 5.56 Å². The lowest BCUT2D eigenvalue weighted by Gasteiger charge is -1.95. The minimum absolute atomic E-state index is 0.0666. The van der Waals surface area contributed by atoms with Crippen LogP contribution in [0.4, 0.5) is 17.3 Å². The van der Waals surface area contributed by atoms with E-state index in [4.69, 9.17) is 4.55 Å². The van der Waals surface area contributed by atoms with Gasteiger partial charge in [0.15, 0.2) is 0 Å². The van der Waals surface area contributed by atoms with E-state index in [0.717, 1.165) is 5.56 Å². The molecule has 0 unspecified atom stereocenters. The summed E-state index contributed by atoms with van der Waals surface area (Å²) in [4.78, 5) is -0.0666. The number of hydrogen-bond acceptors (Lipinski definition) is 2. The molecule has 0 radical (unpaired) electrons. The zero-order valence-electron chi connectivity index (χ0n) is 8.07. The van der Waals surface area contributed by atoms with Gasteiger partial charge in [-0.2, -0.15) is 8.42 Å². The normalized spacial score (nSPS) is 11.6. The highest BCUT2D eigenvalue weighted by molar-refractivity contribution is 7.85. The highest BCUT2D eigenvalue weighted by atomic mass is 32.2. The molecule has 0 bridgehead atoms. The maximum atomic E-state index is 10.5. The van der Waals surface area contributed by atoms with Gasteiger partial charge in [0.25, 0.3) is 10.1 Å². The highest BCUT2D eigenvalue weighted by Gasteiger charge is 2.20. The predicted octanol–water partition coefficient (Wildman–Crippen LogP) is 2.54. The number of rotatable bonds is 1. The van der Waals surface area contributed by atoms with Crippen LogP contribution in [0.5, 0.6) is 0 Å². The molecular formula is C7H8BF4O3S-. The van der Waals surface area contributed by atoms with E-state index in [0.29, 0.717) is 0 Å². The highest BCUT2D eigenvalue weighted by Crippen LogP contribution is 2.08. The fraction of sp³-hybridized carbons (Fsp3) is 0.143. The van der Waals surface area contributed by atoms with E-state index in [1.165, 1.54) is 12.1 Å². The Kier molecular flexibility index (Phi) is 4.95. The minimum atomic E-state index is -6.00. The first-order valence-corrected chi connectivity index (χ1v) is 5.35. The topological polar surface area (TPSA) is 54.4 Å². The Hall–Kier alpha value is -1.09. The number of hydrogen-bond donors (Lipinski definition) is 1. The predicted molar refractivity (Wildman–Crippen MR) is 51.2 cm³/mol. The third-order valence-electron chi connectivity index (χ3n) is 1.32. The van der Waals surface area contributed by atoms with Crippen LogP contribution in [-0.2, 0) is 10.1 Å². The summed E-state index contributed by atoms with van der Waals surface area (Å²) < 4.78 is 68.6. The standard InChI is InChI=1S/C7H8O3S.BF4/c1-6-2-4-7(5-3-6)11(8,9)10;2-1(3,4)5/h2-5H,1H3,(H,8,9,10);/q;-1. The van der Waals surface area contributed by atoms with Crippen molar-refractivity contribution in [3.8, 4) is 0 Å². The Bertz CT molecular complexity index is 420. The molecule has 16 heavy (non-hydrogen) atoms. The maximum Gasteiger partial charge on any atom is 0.673 e. The van der Waals surface area contributed by atoms with Crippen LogP contribution in [0.3, 0.4) is 0 Å². The molecule has 0 aromatic heterocycles. The van der Waals surface area contributed by atoms with Gasteiger partial charge in [0.2, 0.25) is 0 Å². The third kappa shape index (κ3) is 8.24. The van der Waals surface area contributed by atoms with Gasteiger partial charge in [-0.15, -0.1) is 0 Å². The van der Waals surface area contributed by atoms with Crippen molar-refractivity contribution in [3.63, 3.8) is 0 Å². The first-order chi connectivity index (χ1) is 7.00. The Morgan fingerprint density at radius 3 is 1.62 bits per heavy atom. The number of aryl methyl sites for hydroxylation is 1. The van der Waals surface area contributed by atoms with Crippen LogP contribution in [-0.4, -0.2) is 20.2 Å². The van der Waals surface area contributed by atoms with Crippen molar-refractivity contribution in [1.82, 2.24) is 0 Å². The van der Waals surface area contributed by atoms with Crippen molar-refractivity contribution in [2.75, 3.05) is 0 Å². The number of halogens is 4. The van der Waals surface area contributed by atoms with Gasteiger partial charge in [0.1, 0.15) is 0 Å². The fourth-order valence-corrected chi connectivity index (χ4v) is 1.19. The summed E-state index contributed by atoms with van der Waals surface area (Å²) in [5.74, 6) is 0. The summed E-state index contributed by atoms with van der Waals surface area (Å²) in [6.07, 6.45) is 0. The van der Waals surface area contributed by atoms with Gasteiger partial charge in [-0.05, 0) is 19.1 Å². The van der Waals surface area contributed by atoms with E-state index in [1.54, 1.807) is 12.1 Å². The van der Waals surface area contributed by atoms with Crippen LogP contribution in [0, 0.1) is 6.92 Å². The van der Waals surface area contributed by atoms with Crippen molar-refractivity contribution in [3.05, 3.63) is 29.8 Å². The second kappa shape index (κ2) is 5.31. The largest absolute Gasteiger partial charge is 0.673 e. The molecule has 3 nitrogen and oxygen atoms in total. The molecule has 1 aromatic rings. The van der Waals surface area contributed by atoms with Crippen molar-refractivity contribution in [2.24, 2.45) is 0 Å². The van der Waals surface area contributed by atoms with Gasteiger partial charge in [0, 0.05) is 0 Å². The Morgan fingerprint density at radius 2 is 1.38 bits per heavy atom.